The van der Waals surface area contributed by atoms with Gasteiger partial charge in [-0.1, -0.05) is 0 Å². The summed E-state index contributed by atoms with van der Waals surface area (Å²) in [4.78, 5) is 2.59. The summed E-state index contributed by atoms with van der Waals surface area (Å²) in [6, 6.07) is 0.697. The van der Waals surface area contributed by atoms with Crippen molar-refractivity contribution in [3.63, 3.8) is 0 Å². The fraction of sp³-hybridized carbons (Fsp3) is 1.00. The predicted molar refractivity (Wildman–Crippen MR) is 66.7 cm³/mol. The first kappa shape index (κ1) is 12.3. The number of nitrogens with one attached hydrogen (secondary N) is 1. The Morgan fingerprint density at radius 2 is 2.00 bits per heavy atom. The Balaban J connectivity index is 1.78. The number of nitrogens with zero attached hydrogens (tertiary/aromatic N) is 1. The Bertz CT molecular complexity index is 222. The van der Waals surface area contributed by atoms with Crippen molar-refractivity contribution in [2.24, 2.45) is 5.92 Å². The van der Waals surface area contributed by atoms with Crippen LogP contribution in [0.4, 0.5) is 0 Å². The summed E-state index contributed by atoms with van der Waals surface area (Å²) in [7, 11) is 0. The zero-order valence-electron chi connectivity index (χ0n) is 11.0. The molecule has 3 aliphatic heterocycles. The van der Waals surface area contributed by atoms with Gasteiger partial charge in [-0.3, -0.25) is 0 Å². The van der Waals surface area contributed by atoms with Gasteiger partial charge in [0.1, 0.15) is 0 Å². The van der Waals surface area contributed by atoms with Crippen molar-refractivity contribution in [3.8, 4) is 0 Å². The topological polar surface area (TPSA) is 24.5 Å². The molecule has 0 spiro atoms. The zero-order chi connectivity index (χ0) is 11.6. The minimum Gasteiger partial charge on any atom is -0.375 e. The van der Waals surface area contributed by atoms with Crippen LogP contribution in [0.3, 0.4) is 0 Å². The quantitative estimate of drug-likeness (QED) is 0.768. The molecule has 1 unspecified atom stereocenters. The molecule has 3 aliphatic rings. The maximum absolute atomic E-state index is 5.72. The highest BCUT2D eigenvalue weighted by Crippen LogP contribution is 2.27. The first-order valence-corrected chi connectivity index (χ1v) is 6.70. The summed E-state index contributed by atoms with van der Waals surface area (Å²) < 4.78 is 5.72. The van der Waals surface area contributed by atoms with Crippen molar-refractivity contribution >= 4 is 0 Å². The average molecular weight is 226 g/mol. The van der Waals surface area contributed by atoms with Crippen LogP contribution in [0.1, 0.15) is 33.6 Å². The van der Waals surface area contributed by atoms with E-state index in [0.717, 1.165) is 19.1 Å². The van der Waals surface area contributed by atoms with Crippen molar-refractivity contribution in [3.05, 3.63) is 0 Å². The minimum atomic E-state index is -0.0270. The van der Waals surface area contributed by atoms with Gasteiger partial charge in [0.25, 0.3) is 0 Å². The standard InChI is InChI=1S/C13H26N2O/c1-4-16-13(2,3)10-14-12-9-15-7-5-11(12)6-8-15/h11-12,14H,4-10H2,1-3H3. The molecule has 1 N–H and O–H groups in total. The Morgan fingerprint density at radius 3 is 2.50 bits per heavy atom. The highest BCUT2D eigenvalue weighted by Gasteiger charge is 2.34. The third-order valence-electron chi connectivity index (χ3n) is 3.98. The lowest BCUT2D eigenvalue weighted by molar-refractivity contribution is -0.0183. The molecule has 3 nitrogen and oxygen atoms in total. The van der Waals surface area contributed by atoms with Gasteiger partial charge in [-0.25, -0.2) is 0 Å². The van der Waals surface area contributed by atoms with Gasteiger partial charge in [-0.05, 0) is 52.6 Å². The second-order valence-corrected chi connectivity index (χ2v) is 5.82. The van der Waals surface area contributed by atoms with Crippen LogP contribution < -0.4 is 5.32 Å². The largest absolute Gasteiger partial charge is 0.375 e. The van der Waals surface area contributed by atoms with E-state index >= 15 is 0 Å². The lowest BCUT2D eigenvalue weighted by Crippen LogP contribution is -2.58. The summed E-state index contributed by atoms with van der Waals surface area (Å²) >= 11 is 0. The van der Waals surface area contributed by atoms with E-state index in [1.54, 1.807) is 0 Å². The number of rotatable bonds is 5. The lowest BCUT2D eigenvalue weighted by Gasteiger charge is -2.46. The van der Waals surface area contributed by atoms with Gasteiger partial charge < -0.3 is 15.0 Å². The highest BCUT2D eigenvalue weighted by atomic mass is 16.5. The van der Waals surface area contributed by atoms with Gasteiger partial charge in [0.2, 0.25) is 0 Å². The van der Waals surface area contributed by atoms with E-state index in [1.165, 1.54) is 32.5 Å². The summed E-state index contributed by atoms with van der Waals surface area (Å²) in [5, 5.41) is 3.71. The van der Waals surface area contributed by atoms with Crippen LogP contribution in [-0.4, -0.2) is 49.3 Å². The van der Waals surface area contributed by atoms with Crippen molar-refractivity contribution < 1.29 is 4.74 Å². The molecule has 0 aromatic rings. The molecule has 0 amide bonds. The lowest BCUT2D eigenvalue weighted by atomic mass is 9.84. The van der Waals surface area contributed by atoms with Crippen LogP contribution in [0.5, 0.6) is 0 Å². The number of ether oxygens (including phenoxy) is 1. The van der Waals surface area contributed by atoms with Crippen molar-refractivity contribution in [2.45, 2.75) is 45.3 Å². The van der Waals surface area contributed by atoms with Gasteiger partial charge in [-0.15, -0.1) is 0 Å². The SMILES string of the molecule is CCOC(C)(C)CNC1CN2CCC1CC2. The molecule has 0 saturated carbocycles. The van der Waals surface area contributed by atoms with Crippen LogP contribution in [-0.2, 0) is 4.74 Å². The number of hydrogen-bond donors (Lipinski definition) is 1. The second-order valence-electron chi connectivity index (χ2n) is 5.82. The molecule has 3 heteroatoms. The third kappa shape index (κ3) is 2.96. The third-order valence-corrected chi connectivity index (χ3v) is 3.98. The van der Waals surface area contributed by atoms with E-state index in [9.17, 15) is 0 Å². The summed E-state index contributed by atoms with van der Waals surface area (Å²) in [5.41, 5.74) is -0.0270. The molecule has 2 bridgehead atoms. The van der Waals surface area contributed by atoms with E-state index in [-0.39, 0.29) is 5.60 Å². The number of piperidine rings is 3. The maximum atomic E-state index is 5.72. The van der Waals surface area contributed by atoms with Crippen LogP contribution in [0, 0.1) is 5.92 Å². The molecule has 1 atom stereocenters. The molecule has 0 aromatic heterocycles. The second kappa shape index (κ2) is 5.03. The fourth-order valence-electron chi connectivity index (χ4n) is 3.01. The summed E-state index contributed by atoms with van der Waals surface area (Å²) in [6.45, 7) is 12.1. The van der Waals surface area contributed by atoms with Crippen molar-refractivity contribution in [1.29, 1.82) is 0 Å². The molecule has 16 heavy (non-hydrogen) atoms. The van der Waals surface area contributed by atoms with Gasteiger partial charge in [0, 0.05) is 25.7 Å². The molecule has 0 radical (unpaired) electrons. The van der Waals surface area contributed by atoms with Crippen molar-refractivity contribution in [2.75, 3.05) is 32.8 Å². The van der Waals surface area contributed by atoms with Gasteiger partial charge in [-0.2, -0.15) is 0 Å². The van der Waals surface area contributed by atoms with E-state index in [0.29, 0.717) is 6.04 Å². The minimum absolute atomic E-state index is 0.0270. The Kier molecular flexibility index (Phi) is 3.88. The van der Waals surface area contributed by atoms with Crippen molar-refractivity contribution in [1.82, 2.24) is 10.2 Å². The molecule has 94 valence electrons. The Hall–Kier alpha value is -0.120. The highest BCUT2D eigenvalue weighted by molar-refractivity contribution is 4.92. The zero-order valence-corrected chi connectivity index (χ0v) is 11.0. The first-order valence-electron chi connectivity index (χ1n) is 6.70. The number of hydrogen-bond acceptors (Lipinski definition) is 3. The molecule has 0 aliphatic carbocycles. The average Bonchev–Trinajstić information content (AvgIpc) is 2.28. The molecule has 3 fully saturated rings. The number of fused-ring (bicyclic) bond motifs is 3. The molecule has 3 saturated heterocycles. The molecule has 3 rings (SSSR count). The van der Waals surface area contributed by atoms with E-state index in [1.807, 2.05) is 0 Å². The molecular formula is C13H26N2O. The Labute approximate surface area is 99.5 Å². The summed E-state index contributed by atoms with van der Waals surface area (Å²) in [5.74, 6) is 0.905. The van der Waals surface area contributed by atoms with E-state index in [4.69, 9.17) is 4.74 Å². The van der Waals surface area contributed by atoms with Gasteiger partial charge in [0.15, 0.2) is 0 Å². The van der Waals surface area contributed by atoms with Crippen LogP contribution >= 0.6 is 0 Å². The van der Waals surface area contributed by atoms with Gasteiger partial charge in [0.05, 0.1) is 5.60 Å². The van der Waals surface area contributed by atoms with E-state index in [2.05, 4.69) is 31.0 Å². The normalized spacial score (nSPS) is 34.3. The van der Waals surface area contributed by atoms with Crippen LogP contribution in [0.2, 0.25) is 0 Å². The van der Waals surface area contributed by atoms with Gasteiger partial charge >= 0.3 is 0 Å². The van der Waals surface area contributed by atoms with E-state index < -0.39 is 0 Å². The van der Waals surface area contributed by atoms with Crippen LogP contribution in [0.25, 0.3) is 0 Å². The smallest absolute Gasteiger partial charge is 0.0750 e. The fourth-order valence-corrected chi connectivity index (χ4v) is 3.01. The molecule has 3 heterocycles. The molecular weight excluding hydrogens is 200 g/mol. The Morgan fingerprint density at radius 1 is 1.31 bits per heavy atom. The summed E-state index contributed by atoms with van der Waals surface area (Å²) in [6.07, 6.45) is 2.76. The predicted octanol–water partition coefficient (Wildman–Crippen LogP) is 1.49. The molecule has 0 aromatic carbocycles. The monoisotopic (exact) mass is 226 g/mol. The maximum Gasteiger partial charge on any atom is 0.0750 e. The first-order chi connectivity index (χ1) is 7.61. The van der Waals surface area contributed by atoms with Crippen LogP contribution in [0.15, 0.2) is 0 Å².